The number of aliphatic hydroxyl groups is 1. The van der Waals surface area contributed by atoms with Gasteiger partial charge in [0.25, 0.3) is 0 Å². The van der Waals surface area contributed by atoms with Crippen LogP contribution in [0.5, 0.6) is 11.5 Å². The molecular weight excluding hydrogens is 455 g/mol. The molecule has 0 aromatic heterocycles. The fourth-order valence-corrected chi connectivity index (χ4v) is 1.06. The quantitative estimate of drug-likeness (QED) is 0.159. The number of likely N-dealkylation sites (N-methyl/N-ethyl adjacent to an activating group) is 1. The van der Waals surface area contributed by atoms with Crippen LogP contribution in [0.1, 0.15) is 11.7 Å². The molecule has 19 heteroatoms. The van der Waals surface area contributed by atoms with Gasteiger partial charge in [-0.05, 0) is 24.7 Å². The Morgan fingerprint density at radius 2 is 1.11 bits per heavy atom. The van der Waals surface area contributed by atoms with Crippen LogP contribution in [0.2, 0.25) is 0 Å². The second kappa shape index (κ2) is 14.1. The van der Waals surface area contributed by atoms with Crippen LogP contribution in [-0.4, -0.2) is 73.0 Å². The van der Waals surface area contributed by atoms with E-state index in [1.807, 2.05) is 0 Å². The maximum absolute atomic E-state index is 9.48. The molecule has 16 nitrogen and oxygen atoms in total. The van der Waals surface area contributed by atoms with E-state index in [2.05, 4.69) is 5.32 Å². The Bertz CT molecular complexity index is 622. The monoisotopic (exact) mass is 477 g/mol. The third kappa shape index (κ3) is 39.9. The van der Waals surface area contributed by atoms with Crippen LogP contribution in [-0.2, 0) is 13.7 Å². The van der Waals surface area contributed by atoms with E-state index in [1.165, 1.54) is 12.1 Å². The summed E-state index contributed by atoms with van der Waals surface area (Å²) in [6.07, 6.45) is -0.670. The predicted molar refractivity (Wildman–Crippen MR) is 91.4 cm³/mol. The van der Waals surface area contributed by atoms with Gasteiger partial charge in [0.2, 0.25) is 0 Å². The summed E-state index contributed by atoms with van der Waals surface area (Å²) >= 11 is 0. The molecule has 28 heavy (non-hydrogen) atoms. The standard InChI is InChI=1S/C9H13NO3.3H3O4P/c1-10-5-9(13)6-2-3-7(11)8(12)4-6;3*1-5(2,3)4/h2-4,9-13H,5H2,1H3;3*(H3,1,2,3,4). The summed E-state index contributed by atoms with van der Waals surface area (Å²) in [6, 6.07) is 4.26. The number of aromatic hydroxyl groups is 2. The lowest BCUT2D eigenvalue weighted by molar-refractivity contribution is 0.177. The van der Waals surface area contributed by atoms with Gasteiger partial charge in [-0.15, -0.1) is 0 Å². The third-order valence-corrected chi connectivity index (χ3v) is 1.78. The van der Waals surface area contributed by atoms with Crippen molar-refractivity contribution in [3.05, 3.63) is 23.8 Å². The number of phenolic OH excluding ortho intramolecular Hbond substituents is 2. The number of aliphatic hydroxyl groups excluding tert-OH is 1. The normalized spacial score (nSPS) is 12.2. The Labute approximate surface area is 157 Å². The van der Waals surface area contributed by atoms with E-state index in [4.69, 9.17) is 67.9 Å². The summed E-state index contributed by atoms with van der Waals surface area (Å²) in [4.78, 5) is 64.7. The average Bonchev–Trinajstić information content (AvgIpc) is 2.36. The van der Waals surface area contributed by atoms with Crippen LogP contribution >= 0.6 is 23.5 Å². The molecule has 1 rings (SSSR count). The molecule has 0 aliphatic heterocycles. The minimum absolute atomic E-state index is 0.180. The van der Waals surface area contributed by atoms with Gasteiger partial charge < -0.3 is 64.7 Å². The van der Waals surface area contributed by atoms with E-state index in [1.54, 1.807) is 13.1 Å². The smallest absolute Gasteiger partial charge is 0.466 e. The van der Waals surface area contributed by atoms with Gasteiger partial charge in [-0.25, -0.2) is 13.7 Å². The zero-order valence-corrected chi connectivity index (χ0v) is 16.6. The van der Waals surface area contributed by atoms with Gasteiger partial charge in [-0.2, -0.15) is 0 Å². The highest BCUT2D eigenvalue weighted by Gasteiger charge is 2.08. The highest BCUT2D eigenvalue weighted by atomic mass is 31.2. The molecule has 1 aromatic carbocycles. The van der Waals surface area contributed by atoms with Crippen LogP contribution in [0.4, 0.5) is 0 Å². The fourth-order valence-electron chi connectivity index (χ4n) is 1.06. The Morgan fingerprint density at radius 1 is 0.786 bits per heavy atom. The van der Waals surface area contributed by atoms with Gasteiger partial charge >= 0.3 is 23.5 Å². The van der Waals surface area contributed by atoms with Gasteiger partial charge in [0.1, 0.15) is 0 Å². The molecule has 0 spiro atoms. The van der Waals surface area contributed by atoms with Crippen molar-refractivity contribution >= 4 is 23.5 Å². The average molecular weight is 477 g/mol. The number of hydrogen-bond acceptors (Lipinski definition) is 7. The molecule has 0 saturated carbocycles. The SMILES string of the molecule is CNCC(O)c1ccc(O)c(O)c1.O=P(O)(O)O.O=P(O)(O)O.O=P(O)(O)O. The Morgan fingerprint density at radius 3 is 1.36 bits per heavy atom. The molecule has 0 fully saturated rings. The van der Waals surface area contributed by atoms with Crippen LogP contribution in [0, 0.1) is 0 Å². The number of phosphoric acid groups is 3. The molecule has 0 radical (unpaired) electrons. The molecule has 0 bridgehead atoms. The zero-order valence-electron chi connectivity index (χ0n) is 13.9. The first-order valence-corrected chi connectivity index (χ1v) is 11.0. The van der Waals surface area contributed by atoms with Gasteiger partial charge in [-0.1, -0.05) is 6.07 Å². The minimum Gasteiger partial charge on any atom is -0.504 e. The van der Waals surface area contributed by atoms with E-state index in [0.717, 1.165) is 0 Å². The third-order valence-electron chi connectivity index (χ3n) is 1.78. The zero-order chi connectivity index (χ0) is 23.3. The van der Waals surface area contributed by atoms with Crippen LogP contribution in [0.3, 0.4) is 0 Å². The Kier molecular flexibility index (Phi) is 16.0. The summed E-state index contributed by atoms with van der Waals surface area (Å²) in [7, 11) is -12.2. The van der Waals surface area contributed by atoms with Gasteiger partial charge in [-0.3, -0.25) is 0 Å². The summed E-state index contributed by atoms with van der Waals surface area (Å²) in [5.74, 6) is -0.395. The lowest BCUT2D eigenvalue weighted by Gasteiger charge is -2.10. The first-order valence-electron chi connectivity index (χ1n) is 6.34. The van der Waals surface area contributed by atoms with Gasteiger partial charge in [0, 0.05) is 6.54 Å². The molecule has 1 atom stereocenters. The molecule has 0 aliphatic carbocycles. The van der Waals surface area contributed by atoms with Crippen LogP contribution < -0.4 is 5.32 Å². The first kappa shape index (κ1) is 31.8. The fraction of sp³-hybridized carbons (Fsp3) is 0.333. The number of nitrogens with one attached hydrogen (secondary N) is 1. The van der Waals surface area contributed by atoms with Gasteiger partial charge in [0.05, 0.1) is 6.10 Å². The van der Waals surface area contributed by atoms with Crippen molar-refractivity contribution in [2.45, 2.75) is 6.10 Å². The maximum Gasteiger partial charge on any atom is 0.466 e. The Hall–Kier alpha value is -0.930. The number of phenols is 2. The van der Waals surface area contributed by atoms with E-state index in [0.29, 0.717) is 12.1 Å². The van der Waals surface area contributed by atoms with E-state index < -0.39 is 29.6 Å². The molecule has 0 aliphatic rings. The van der Waals surface area contributed by atoms with Crippen molar-refractivity contribution in [1.29, 1.82) is 0 Å². The summed E-state index contributed by atoms with van der Waals surface area (Å²) < 4.78 is 26.6. The lowest BCUT2D eigenvalue weighted by Crippen LogP contribution is -2.16. The molecule has 0 saturated heterocycles. The largest absolute Gasteiger partial charge is 0.504 e. The molecule has 0 heterocycles. The summed E-state index contributed by atoms with van der Waals surface area (Å²) in [6.45, 7) is 0.407. The molecule has 13 N–H and O–H groups in total. The van der Waals surface area contributed by atoms with Crippen molar-refractivity contribution in [1.82, 2.24) is 5.32 Å². The highest BCUT2D eigenvalue weighted by Crippen LogP contribution is 2.28. The molecule has 0 amide bonds. The predicted octanol–water partition coefficient (Wildman–Crippen LogP) is -2.44. The molecular formula is C9H22NO15P3. The summed E-state index contributed by atoms with van der Waals surface area (Å²) in [5, 5.41) is 30.4. The van der Waals surface area contributed by atoms with Crippen LogP contribution in [0.15, 0.2) is 18.2 Å². The highest BCUT2D eigenvalue weighted by molar-refractivity contribution is 7.45. The second-order valence-electron chi connectivity index (χ2n) is 4.36. The number of benzene rings is 1. The topological polar surface area (TPSA) is 306 Å². The summed E-state index contributed by atoms with van der Waals surface area (Å²) in [5.41, 5.74) is 0.574. The first-order chi connectivity index (χ1) is 12.1. The number of hydrogen-bond donors (Lipinski definition) is 13. The number of rotatable bonds is 3. The van der Waals surface area contributed by atoms with E-state index in [9.17, 15) is 5.11 Å². The van der Waals surface area contributed by atoms with E-state index >= 15 is 0 Å². The van der Waals surface area contributed by atoms with Crippen LogP contribution in [0.25, 0.3) is 0 Å². The lowest BCUT2D eigenvalue weighted by atomic mass is 10.1. The molecule has 168 valence electrons. The Balaban J connectivity index is -0.000000347. The second-order valence-corrected chi connectivity index (χ2v) is 7.44. The van der Waals surface area contributed by atoms with Gasteiger partial charge in [0.15, 0.2) is 11.5 Å². The van der Waals surface area contributed by atoms with E-state index in [-0.39, 0.29) is 11.5 Å². The van der Waals surface area contributed by atoms with Crippen molar-refractivity contribution in [3.63, 3.8) is 0 Å². The maximum atomic E-state index is 9.48. The van der Waals surface area contributed by atoms with Crippen molar-refractivity contribution in [3.8, 4) is 11.5 Å². The van der Waals surface area contributed by atoms with Crippen molar-refractivity contribution in [2.75, 3.05) is 13.6 Å². The molecule has 1 aromatic rings. The molecule has 1 unspecified atom stereocenters. The minimum atomic E-state index is -4.64. The van der Waals surface area contributed by atoms with Crippen molar-refractivity contribution < 1.29 is 73.1 Å². The van der Waals surface area contributed by atoms with Crippen molar-refractivity contribution in [2.24, 2.45) is 0 Å².